The van der Waals surface area contributed by atoms with Gasteiger partial charge in [0.1, 0.15) is 0 Å². The zero-order valence-electron chi connectivity index (χ0n) is 12.0. The minimum atomic E-state index is 1.26. The van der Waals surface area contributed by atoms with Gasteiger partial charge >= 0.3 is 0 Å². The Bertz CT molecular complexity index is 1050. The Hall–Kier alpha value is -2.86. The van der Waals surface area contributed by atoms with Gasteiger partial charge < -0.3 is 0 Å². The van der Waals surface area contributed by atoms with Crippen molar-refractivity contribution in [3.05, 3.63) is 95.6 Å². The molecule has 0 saturated carbocycles. The van der Waals surface area contributed by atoms with Crippen LogP contribution < -0.4 is 0 Å². The Morgan fingerprint density at radius 1 is 0.727 bits per heavy atom. The molecule has 0 aromatic heterocycles. The zero-order chi connectivity index (χ0) is 14.5. The molecule has 0 bridgehead atoms. The topological polar surface area (TPSA) is 0 Å². The fourth-order valence-electron chi connectivity index (χ4n) is 3.57. The monoisotopic (exact) mass is 277 g/mol. The smallest absolute Gasteiger partial charge is 0.00145 e. The van der Waals surface area contributed by atoms with E-state index in [9.17, 15) is 0 Å². The van der Waals surface area contributed by atoms with Crippen molar-refractivity contribution in [2.45, 2.75) is 0 Å². The molecule has 0 spiro atoms. The summed E-state index contributed by atoms with van der Waals surface area (Å²) in [6.45, 7) is 0. The number of hydrogen-bond acceptors (Lipinski definition) is 0. The predicted octanol–water partition coefficient (Wildman–Crippen LogP) is 5.70. The molecule has 0 heteroatoms. The number of hydrogen-bond donors (Lipinski definition) is 0. The van der Waals surface area contributed by atoms with Crippen molar-refractivity contribution in [1.82, 2.24) is 0 Å². The lowest BCUT2D eigenvalue weighted by atomic mass is 9.92. The molecule has 1 aliphatic carbocycles. The van der Waals surface area contributed by atoms with E-state index in [2.05, 4.69) is 72.8 Å². The summed E-state index contributed by atoms with van der Waals surface area (Å²) in [4.78, 5) is 0. The molecule has 101 valence electrons. The van der Waals surface area contributed by atoms with Gasteiger partial charge in [0.25, 0.3) is 0 Å². The van der Waals surface area contributed by atoms with Crippen molar-refractivity contribution in [1.29, 1.82) is 0 Å². The molecule has 0 unspecified atom stereocenters. The Balaban J connectivity index is 1.97. The lowest BCUT2D eigenvalue weighted by Crippen LogP contribution is -1.88. The van der Waals surface area contributed by atoms with Gasteiger partial charge in [0.05, 0.1) is 0 Å². The maximum Gasteiger partial charge on any atom is -0.00145 e. The third-order valence-electron chi connectivity index (χ3n) is 4.52. The van der Waals surface area contributed by atoms with Gasteiger partial charge in [-0.3, -0.25) is 0 Å². The van der Waals surface area contributed by atoms with Crippen LogP contribution >= 0.6 is 0 Å². The Kier molecular flexibility index (Phi) is 2.31. The van der Waals surface area contributed by atoms with Crippen molar-refractivity contribution in [2.24, 2.45) is 0 Å². The summed E-state index contributed by atoms with van der Waals surface area (Å²) in [5.41, 5.74) is 5.26. The van der Waals surface area contributed by atoms with Crippen LogP contribution in [0.25, 0.3) is 33.2 Å². The van der Waals surface area contributed by atoms with Crippen molar-refractivity contribution in [3.63, 3.8) is 0 Å². The fourth-order valence-corrected chi connectivity index (χ4v) is 3.57. The lowest BCUT2D eigenvalue weighted by molar-refractivity contribution is 1.61. The third kappa shape index (κ3) is 1.52. The molecule has 0 fully saturated rings. The average Bonchev–Trinajstić information content (AvgIpc) is 2.97. The van der Waals surface area contributed by atoms with E-state index in [1.807, 2.05) is 12.1 Å². The van der Waals surface area contributed by atoms with Crippen LogP contribution in [0.2, 0.25) is 0 Å². The molecule has 4 aromatic rings. The van der Waals surface area contributed by atoms with Crippen LogP contribution in [0.5, 0.6) is 0 Å². The van der Waals surface area contributed by atoms with Crippen molar-refractivity contribution >= 4 is 33.2 Å². The van der Waals surface area contributed by atoms with E-state index in [0.29, 0.717) is 0 Å². The molecular formula is C22H13. The minimum absolute atomic E-state index is 1.26. The van der Waals surface area contributed by atoms with E-state index in [1.165, 1.54) is 43.8 Å². The first kappa shape index (κ1) is 11.8. The van der Waals surface area contributed by atoms with E-state index < -0.39 is 0 Å². The highest BCUT2D eigenvalue weighted by molar-refractivity contribution is 6.20. The SMILES string of the molecule is [c]1ccc(C2=Cc3cccc4cc5ccccc5c2c34)cc1. The van der Waals surface area contributed by atoms with Gasteiger partial charge in [-0.1, -0.05) is 66.7 Å². The van der Waals surface area contributed by atoms with Crippen molar-refractivity contribution in [2.75, 3.05) is 0 Å². The van der Waals surface area contributed by atoms with Gasteiger partial charge in [-0.15, -0.1) is 0 Å². The van der Waals surface area contributed by atoms with Crippen LogP contribution in [0.4, 0.5) is 0 Å². The normalized spacial score (nSPS) is 12.8. The Morgan fingerprint density at radius 3 is 2.45 bits per heavy atom. The van der Waals surface area contributed by atoms with E-state index >= 15 is 0 Å². The summed E-state index contributed by atoms with van der Waals surface area (Å²) in [7, 11) is 0. The molecule has 0 saturated heterocycles. The fraction of sp³-hybridized carbons (Fsp3) is 0. The second kappa shape index (κ2) is 4.32. The third-order valence-corrected chi connectivity index (χ3v) is 4.52. The largest absolute Gasteiger partial charge is 0.0616 e. The molecule has 4 aromatic carbocycles. The van der Waals surface area contributed by atoms with E-state index in [1.54, 1.807) is 0 Å². The summed E-state index contributed by atoms with van der Waals surface area (Å²) in [5.74, 6) is 0. The molecule has 0 heterocycles. The Morgan fingerprint density at radius 2 is 1.55 bits per heavy atom. The molecule has 22 heavy (non-hydrogen) atoms. The second-order valence-corrected chi connectivity index (χ2v) is 5.76. The zero-order valence-corrected chi connectivity index (χ0v) is 12.0. The number of fused-ring (bicyclic) bond motifs is 2. The highest BCUT2D eigenvalue weighted by Gasteiger charge is 2.20. The first-order valence-electron chi connectivity index (χ1n) is 7.55. The molecule has 0 aliphatic heterocycles. The molecule has 1 radical (unpaired) electrons. The van der Waals surface area contributed by atoms with Crippen LogP contribution in [-0.2, 0) is 0 Å². The highest BCUT2D eigenvalue weighted by atomic mass is 14.2. The van der Waals surface area contributed by atoms with Gasteiger partial charge in [-0.05, 0) is 62.0 Å². The van der Waals surface area contributed by atoms with Crippen LogP contribution in [0.3, 0.4) is 0 Å². The second-order valence-electron chi connectivity index (χ2n) is 5.76. The first-order chi connectivity index (χ1) is 10.9. The van der Waals surface area contributed by atoms with E-state index in [-0.39, 0.29) is 0 Å². The quantitative estimate of drug-likeness (QED) is 0.345. The van der Waals surface area contributed by atoms with Gasteiger partial charge in [-0.2, -0.15) is 0 Å². The number of rotatable bonds is 1. The maximum atomic E-state index is 3.11. The first-order valence-corrected chi connectivity index (χ1v) is 7.55. The summed E-state index contributed by atoms with van der Waals surface area (Å²) in [6, 6.07) is 28.9. The molecule has 0 atom stereocenters. The number of benzene rings is 4. The van der Waals surface area contributed by atoms with Crippen molar-refractivity contribution < 1.29 is 0 Å². The van der Waals surface area contributed by atoms with Crippen LogP contribution in [0.1, 0.15) is 16.7 Å². The van der Waals surface area contributed by atoms with Gasteiger partial charge in [0, 0.05) is 0 Å². The summed E-state index contributed by atoms with van der Waals surface area (Å²) in [6.07, 6.45) is 2.32. The Labute approximate surface area is 129 Å². The summed E-state index contributed by atoms with van der Waals surface area (Å²) >= 11 is 0. The standard InChI is InChI=1S/C22H13/c1-2-7-15(8-3-1)20-14-18-11-6-10-17-13-16-9-4-5-12-19(16)22(20)21(17)18/h2-14H. The molecule has 5 rings (SSSR count). The van der Waals surface area contributed by atoms with Gasteiger partial charge in [0.15, 0.2) is 0 Å². The summed E-state index contributed by atoms with van der Waals surface area (Å²) < 4.78 is 0. The molecular weight excluding hydrogens is 264 g/mol. The minimum Gasteiger partial charge on any atom is -0.0616 e. The molecule has 0 nitrogen and oxygen atoms in total. The lowest BCUT2D eigenvalue weighted by Gasteiger charge is -2.11. The average molecular weight is 277 g/mol. The molecule has 0 amide bonds. The predicted molar refractivity (Wildman–Crippen MR) is 93.7 cm³/mol. The van der Waals surface area contributed by atoms with E-state index in [0.717, 1.165) is 0 Å². The van der Waals surface area contributed by atoms with Crippen molar-refractivity contribution in [3.8, 4) is 0 Å². The van der Waals surface area contributed by atoms with E-state index in [4.69, 9.17) is 0 Å². The highest BCUT2D eigenvalue weighted by Crippen LogP contribution is 2.43. The van der Waals surface area contributed by atoms with Crippen LogP contribution in [-0.4, -0.2) is 0 Å². The summed E-state index contributed by atoms with van der Waals surface area (Å²) in [5, 5.41) is 5.33. The molecule has 0 N–H and O–H groups in total. The maximum absolute atomic E-state index is 3.11. The van der Waals surface area contributed by atoms with Gasteiger partial charge in [0.2, 0.25) is 0 Å². The van der Waals surface area contributed by atoms with Crippen LogP contribution in [0.15, 0.2) is 72.8 Å². The molecule has 1 aliphatic rings. The van der Waals surface area contributed by atoms with Crippen LogP contribution in [0, 0.1) is 6.07 Å². The van der Waals surface area contributed by atoms with Gasteiger partial charge in [-0.25, -0.2) is 0 Å².